The van der Waals surface area contributed by atoms with Crippen molar-refractivity contribution in [3.63, 3.8) is 0 Å². The highest BCUT2D eigenvalue weighted by molar-refractivity contribution is 6.31. The van der Waals surface area contributed by atoms with Gasteiger partial charge in [-0.3, -0.25) is 9.59 Å². The third kappa shape index (κ3) is 12.3. The minimum atomic E-state index is -1.42. The van der Waals surface area contributed by atoms with Gasteiger partial charge in [0.1, 0.15) is 55.0 Å². The zero-order valence-electron chi connectivity index (χ0n) is 26.6. The summed E-state index contributed by atoms with van der Waals surface area (Å²) in [5.41, 5.74) is 2.46. The lowest BCUT2D eigenvalue weighted by Gasteiger charge is -2.40. The standard InChI is InChI=1S/C24H29ClO7.C5H9NO2.C4H9NO2/c25-19-8-3-15(24-23(29)22(28)21(27)20(13-26)32-24)12-16(19)11-14-1-4-17(5-2-14)30-9-10-31-18-6-7-18;7-5(8)4-2-1-3-6-4;1-3(5-2)4(6)7/h1-5,8,12,18,20-24,26-29H,6-7,9-11,13H2;4,6H,1-3H2,(H,7,8);3,5H,1-2H3,(H,6,7)/t20-,21-,22+,23-,24+;4-;3-/m100/s1. The van der Waals surface area contributed by atoms with E-state index in [1.54, 1.807) is 26.1 Å². The van der Waals surface area contributed by atoms with Crippen LogP contribution < -0.4 is 15.4 Å². The van der Waals surface area contributed by atoms with E-state index in [1.165, 1.54) is 0 Å². The topological polar surface area (TPSA) is 207 Å². The highest BCUT2D eigenvalue weighted by atomic mass is 35.5. The first-order valence-electron chi connectivity index (χ1n) is 15.7. The van der Waals surface area contributed by atoms with Crippen molar-refractivity contribution >= 4 is 23.5 Å². The van der Waals surface area contributed by atoms with Gasteiger partial charge in [-0.2, -0.15) is 0 Å². The molecular weight excluding hydrogens is 636 g/mol. The Morgan fingerprint density at radius 3 is 2.23 bits per heavy atom. The maximum Gasteiger partial charge on any atom is 0.320 e. The molecule has 8 N–H and O–H groups in total. The number of likely N-dealkylation sites (N-methyl/N-ethyl adjacent to an activating group) is 1. The van der Waals surface area contributed by atoms with E-state index < -0.39 is 55.1 Å². The molecule has 13 nitrogen and oxygen atoms in total. The molecule has 7 atom stereocenters. The molecule has 2 aromatic rings. The Morgan fingerprint density at radius 1 is 1.02 bits per heavy atom. The summed E-state index contributed by atoms with van der Waals surface area (Å²) in [5.74, 6) is -0.765. The summed E-state index contributed by atoms with van der Waals surface area (Å²) in [4.78, 5) is 20.0. The van der Waals surface area contributed by atoms with Crippen LogP contribution in [0.4, 0.5) is 0 Å². The minimum Gasteiger partial charge on any atom is -0.491 e. The van der Waals surface area contributed by atoms with E-state index in [-0.39, 0.29) is 6.04 Å². The van der Waals surface area contributed by atoms with Gasteiger partial charge in [-0.25, -0.2) is 0 Å². The van der Waals surface area contributed by atoms with Crippen LogP contribution in [0.1, 0.15) is 55.4 Å². The number of carboxylic acids is 2. The number of ether oxygens (including phenoxy) is 3. The van der Waals surface area contributed by atoms with E-state index in [9.17, 15) is 30.0 Å². The van der Waals surface area contributed by atoms with Crippen molar-refractivity contribution in [2.75, 3.05) is 33.4 Å². The second-order valence-corrected chi connectivity index (χ2v) is 12.1. The Balaban J connectivity index is 0.000000329. The lowest BCUT2D eigenvalue weighted by Crippen LogP contribution is -2.55. The Morgan fingerprint density at radius 2 is 1.72 bits per heavy atom. The molecule has 0 spiro atoms. The number of benzene rings is 2. The molecule has 0 radical (unpaired) electrons. The van der Waals surface area contributed by atoms with Crippen molar-refractivity contribution in [2.24, 2.45) is 0 Å². The van der Waals surface area contributed by atoms with Crippen LogP contribution >= 0.6 is 11.6 Å². The van der Waals surface area contributed by atoms with Crippen LogP contribution in [0, 0.1) is 0 Å². The number of carboxylic acid groups (broad SMARTS) is 2. The van der Waals surface area contributed by atoms with Gasteiger partial charge in [-0.1, -0.05) is 35.9 Å². The molecule has 2 aromatic carbocycles. The summed E-state index contributed by atoms with van der Waals surface area (Å²) in [7, 11) is 1.61. The van der Waals surface area contributed by atoms with Crippen molar-refractivity contribution in [3.8, 4) is 5.75 Å². The quantitative estimate of drug-likeness (QED) is 0.150. The largest absolute Gasteiger partial charge is 0.491 e. The molecule has 0 bridgehead atoms. The average Bonchev–Trinajstić information content (AvgIpc) is 3.72. The molecule has 14 heteroatoms. The first-order chi connectivity index (χ1) is 22.4. The van der Waals surface area contributed by atoms with Crippen LogP contribution in [-0.2, 0) is 25.5 Å². The molecule has 3 aliphatic rings. The lowest BCUT2D eigenvalue weighted by atomic mass is 9.90. The predicted molar refractivity (Wildman–Crippen MR) is 173 cm³/mol. The van der Waals surface area contributed by atoms with E-state index in [1.807, 2.05) is 30.3 Å². The zero-order chi connectivity index (χ0) is 34.5. The van der Waals surface area contributed by atoms with E-state index in [0.29, 0.717) is 36.3 Å². The summed E-state index contributed by atoms with van der Waals surface area (Å²) < 4.78 is 16.9. The molecule has 47 heavy (non-hydrogen) atoms. The molecular formula is C33H47ClN2O11. The van der Waals surface area contributed by atoms with Gasteiger partial charge in [-0.05, 0) is 87.5 Å². The number of carbonyl (C=O) groups is 2. The van der Waals surface area contributed by atoms with Gasteiger partial charge in [0.05, 0.1) is 19.3 Å². The minimum absolute atomic E-state index is 0.269. The van der Waals surface area contributed by atoms with Gasteiger partial charge in [0.2, 0.25) is 0 Å². The third-order valence-electron chi connectivity index (χ3n) is 8.00. The van der Waals surface area contributed by atoms with E-state index in [0.717, 1.165) is 49.1 Å². The Kier molecular flexibility index (Phi) is 15.8. The molecule has 262 valence electrons. The highest BCUT2D eigenvalue weighted by Gasteiger charge is 2.44. The van der Waals surface area contributed by atoms with Crippen molar-refractivity contribution in [3.05, 3.63) is 64.2 Å². The number of halogens is 1. The fourth-order valence-electron chi connectivity index (χ4n) is 4.84. The molecule has 3 fully saturated rings. The van der Waals surface area contributed by atoms with Crippen LogP contribution in [0.15, 0.2) is 42.5 Å². The zero-order valence-corrected chi connectivity index (χ0v) is 27.4. The van der Waals surface area contributed by atoms with E-state index in [2.05, 4.69) is 10.6 Å². The summed E-state index contributed by atoms with van der Waals surface area (Å²) in [6, 6.07) is 12.3. The molecule has 2 saturated heterocycles. The molecule has 0 amide bonds. The van der Waals surface area contributed by atoms with Crippen LogP contribution in [0.2, 0.25) is 5.02 Å². The van der Waals surface area contributed by atoms with Gasteiger partial charge < -0.3 is 55.5 Å². The smallest absolute Gasteiger partial charge is 0.320 e. The van der Waals surface area contributed by atoms with Gasteiger partial charge >= 0.3 is 11.9 Å². The van der Waals surface area contributed by atoms with Crippen LogP contribution in [0.5, 0.6) is 5.75 Å². The first kappa shape index (κ1) is 38.6. The predicted octanol–water partition coefficient (Wildman–Crippen LogP) is 1.51. The number of aliphatic carboxylic acids is 2. The molecule has 0 aromatic heterocycles. The third-order valence-corrected chi connectivity index (χ3v) is 8.37. The molecule has 1 aliphatic carbocycles. The lowest BCUT2D eigenvalue weighted by molar-refractivity contribution is -0.231. The summed E-state index contributed by atoms with van der Waals surface area (Å²) in [5, 5.41) is 62.4. The fraction of sp³-hybridized carbons (Fsp3) is 0.576. The number of hydrogen-bond acceptors (Lipinski definition) is 11. The van der Waals surface area contributed by atoms with Crippen LogP contribution in [0.3, 0.4) is 0 Å². The molecule has 2 heterocycles. The molecule has 0 unspecified atom stereocenters. The molecule has 5 rings (SSSR count). The average molecular weight is 683 g/mol. The Labute approximate surface area is 279 Å². The number of hydrogen-bond donors (Lipinski definition) is 8. The Bertz CT molecular complexity index is 1260. The van der Waals surface area contributed by atoms with Gasteiger partial charge in [0, 0.05) is 5.02 Å². The van der Waals surface area contributed by atoms with Gasteiger partial charge in [-0.15, -0.1) is 0 Å². The monoisotopic (exact) mass is 682 g/mol. The second-order valence-electron chi connectivity index (χ2n) is 11.7. The number of nitrogens with one attached hydrogen (secondary N) is 2. The normalized spacial score (nSPS) is 25.9. The fourth-order valence-corrected chi connectivity index (χ4v) is 5.02. The van der Waals surface area contributed by atoms with Gasteiger partial charge in [0.25, 0.3) is 0 Å². The highest BCUT2D eigenvalue weighted by Crippen LogP contribution is 2.34. The van der Waals surface area contributed by atoms with Gasteiger partial charge in [0.15, 0.2) is 0 Å². The van der Waals surface area contributed by atoms with Crippen LogP contribution in [-0.4, -0.2) is 119 Å². The summed E-state index contributed by atoms with van der Waals surface area (Å²) in [6.07, 6.45) is -0.946. The van der Waals surface area contributed by atoms with Crippen molar-refractivity contribution in [2.45, 2.75) is 87.7 Å². The van der Waals surface area contributed by atoms with Crippen molar-refractivity contribution < 1.29 is 54.4 Å². The van der Waals surface area contributed by atoms with Crippen molar-refractivity contribution in [1.29, 1.82) is 0 Å². The van der Waals surface area contributed by atoms with E-state index in [4.69, 9.17) is 36.0 Å². The second kappa shape index (κ2) is 19.2. The molecule has 2 aliphatic heterocycles. The summed E-state index contributed by atoms with van der Waals surface area (Å²) in [6.45, 7) is 3.08. The summed E-state index contributed by atoms with van der Waals surface area (Å²) >= 11 is 6.40. The number of aliphatic hydroxyl groups is 4. The molecule has 1 saturated carbocycles. The number of rotatable bonds is 12. The van der Waals surface area contributed by atoms with Crippen LogP contribution in [0.25, 0.3) is 0 Å². The SMILES string of the molecule is CN[C@@H](C)C(=O)O.O=C(O)[C@@H]1CCCN1.OC[C@H]1O[C@@H](c2ccc(Cl)c(Cc3ccc(OCCOC4CC4)cc3)c2)[C@H](O)[C@@H](O)[C@@H]1O. The maximum absolute atomic E-state index is 10.4. The van der Waals surface area contributed by atoms with E-state index >= 15 is 0 Å². The van der Waals surface area contributed by atoms with Crippen molar-refractivity contribution in [1.82, 2.24) is 10.6 Å². The first-order valence-corrected chi connectivity index (χ1v) is 16.1. The maximum atomic E-state index is 10.4. The Hall–Kier alpha value is -2.85. The number of aliphatic hydroxyl groups excluding tert-OH is 4.